The van der Waals surface area contributed by atoms with Gasteiger partial charge >= 0.3 is 12.1 Å². The molecule has 0 radical (unpaired) electrons. The third-order valence-electron chi connectivity index (χ3n) is 3.86. The van der Waals surface area contributed by atoms with E-state index < -0.39 is 23.8 Å². The molecule has 0 fully saturated rings. The molecular formula is C23H29NO5. The lowest BCUT2D eigenvalue weighted by molar-refractivity contribution is -0.160. The highest BCUT2D eigenvalue weighted by Crippen LogP contribution is 2.10. The topological polar surface area (TPSA) is 73.9 Å². The number of benzene rings is 2. The first-order valence-corrected chi connectivity index (χ1v) is 9.66. The zero-order chi connectivity index (χ0) is 21.1. The molecule has 2 aromatic carbocycles. The summed E-state index contributed by atoms with van der Waals surface area (Å²) < 4.78 is 16.4. The van der Waals surface area contributed by atoms with E-state index >= 15 is 0 Å². The predicted molar refractivity (Wildman–Crippen MR) is 110 cm³/mol. The molecule has 1 amide bonds. The van der Waals surface area contributed by atoms with Gasteiger partial charge in [-0.2, -0.15) is 0 Å². The van der Waals surface area contributed by atoms with Crippen molar-refractivity contribution < 1.29 is 23.8 Å². The monoisotopic (exact) mass is 399 g/mol. The number of alkyl carbamates (subject to hydrolysis) is 1. The second-order valence-electron chi connectivity index (χ2n) is 7.60. The molecule has 0 unspecified atom stereocenters. The van der Waals surface area contributed by atoms with Crippen LogP contribution in [0.5, 0.6) is 0 Å². The van der Waals surface area contributed by atoms with Gasteiger partial charge < -0.3 is 19.5 Å². The van der Waals surface area contributed by atoms with Crippen LogP contribution >= 0.6 is 0 Å². The van der Waals surface area contributed by atoms with Gasteiger partial charge in [0.15, 0.2) is 6.10 Å². The molecule has 6 nitrogen and oxygen atoms in total. The average Bonchev–Trinajstić information content (AvgIpc) is 2.69. The van der Waals surface area contributed by atoms with Crippen LogP contribution in [0, 0.1) is 0 Å². The van der Waals surface area contributed by atoms with Crippen LogP contribution < -0.4 is 5.32 Å². The third kappa shape index (κ3) is 9.25. The van der Waals surface area contributed by atoms with E-state index in [0.717, 1.165) is 11.1 Å². The minimum absolute atomic E-state index is 0.171. The summed E-state index contributed by atoms with van der Waals surface area (Å²) in [4.78, 5) is 24.4. The quantitative estimate of drug-likeness (QED) is 0.639. The molecule has 1 atom stereocenters. The summed E-state index contributed by atoms with van der Waals surface area (Å²) in [5.41, 5.74) is 1.27. The number of esters is 1. The van der Waals surface area contributed by atoms with Crippen LogP contribution in [0.2, 0.25) is 0 Å². The summed E-state index contributed by atoms with van der Waals surface area (Å²) in [6.45, 7) is 6.05. The van der Waals surface area contributed by atoms with E-state index in [-0.39, 0.29) is 26.2 Å². The van der Waals surface area contributed by atoms with Crippen molar-refractivity contribution in [1.82, 2.24) is 5.32 Å². The number of amides is 1. The van der Waals surface area contributed by atoms with E-state index in [2.05, 4.69) is 5.32 Å². The third-order valence-corrected chi connectivity index (χ3v) is 3.86. The van der Waals surface area contributed by atoms with Crippen LogP contribution in [0.4, 0.5) is 4.79 Å². The molecule has 156 valence electrons. The van der Waals surface area contributed by atoms with Crippen LogP contribution in [-0.2, 0) is 32.2 Å². The number of carbonyl (C=O) groups is 2. The summed E-state index contributed by atoms with van der Waals surface area (Å²) in [7, 11) is 0. The van der Waals surface area contributed by atoms with E-state index in [9.17, 15) is 9.59 Å². The van der Waals surface area contributed by atoms with Gasteiger partial charge in [0.2, 0.25) is 0 Å². The number of ether oxygens (including phenoxy) is 3. The Morgan fingerprint density at radius 2 is 1.45 bits per heavy atom. The van der Waals surface area contributed by atoms with E-state index in [1.54, 1.807) is 20.8 Å². The second-order valence-corrected chi connectivity index (χ2v) is 7.60. The highest BCUT2D eigenvalue weighted by molar-refractivity contribution is 5.75. The Labute approximate surface area is 172 Å². The molecule has 0 spiro atoms. The Hall–Kier alpha value is -2.86. The molecule has 0 saturated heterocycles. The molecule has 1 N–H and O–H groups in total. The Kier molecular flexibility index (Phi) is 8.68. The van der Waals surface area contributed by atoms with Crippen molar-refractivity contribution in [3.05, 3.63) is 71.8 Å². The molecule has 2 rings (SSSR count). The number of hydrogen-bond acceptors (Lipinski definition) is 5. The second kappa shape index (κ2) is 11.2. The van der Waals surface area contributed by atoms with E-state index in [1.165, 1.54) is 0 Å². The zero-order valence-corrected chi connectivity index (χ0v) is 17.2. The lowest BCUT2D eigenvalue weighted by Crippen LogP contribution is -2.36. The maximum atomic E-state index is 12.6. The molecule has 0 bridgehead atoms. The van der Waals surface area contributed by atoms with E-state index in [1.807, 2.05) is 60.7 Å². The van der Waals surface area contributed by atoms with Crippen molar-refractivity contribution >= 4 is 12.1 Å². The first kappa shape index (κ1) is 22.4. The van der Waals surface area contributed by atoms with Crippen LogP contribution in [0.3, 0.4) is 0 Å². The van der Waals surface area contributed by atoms with Crippen molar-refractivity contribution in [2.24, 2.45) is 0 Å². The maximum absolute atomic E-state index is 12.6. The largest absolute Gasteiger partial charge is 0.459 e. The first-order chi connectivity index (χ1) is 13.8. The van der Waals surface area contributed by atoms with Crippen molar-refractivity contribution in [2.45, 2.75) is 52.1 Å². The normalized spacial score (nSPS) is 12.1. The minimum atomic E-state index is -0.797. The molecule has 29 heavy (non-hydrogen) atoms. The molecular weight excluding hydrogens is 370 g/mol. The molecule has 2 aromatic rings. The van der Waals surface area contributed by atoms with Crippen LogP contribution in [0.1, 0.15) is 38.3 Å². The van der Waals surface area contributed by atoms with Gasteiger partial charge in [-0.15, -0.1) is 0 Å². The summed E-state index contributed by atoms with van der Waals surface area (Å²) in [5.74, 6) is -0.462. The fourth-order valence-corrected chi connectivity index (χ4v) is 2.48. The molecule has 0 saturated carbocycles. The van der Waals surface area contributed by atoms with Gasteiger partial charge in [0.05, 0.1) is 6.61 Å². The van der Waals surface area contributed by atoms with Gasteiger partial charge in [0, 0.05) is 13.0 Å². The van der Waals surface area contributed by atoms with E-state index in [0.29, 0.717) is 0 Å². The highest BCUT2D eigenvalue weighted by atomic mass is 16.6. The average molecular weight is 399 g/mol. The Balaban J connectivity index is 1.89. The summed E-state index contributed by atoms with van der Waals surface area (Å²) in [5, 5.41) is 2.65. The SMILES string of the molecule is CC(C)(C)OC(=O)NCC[C@H](OCc1ccccc1)C(=O)OCc1ccccc1. The maximum Gasteiger partial charge on any atom is 0.407 e. The standard InChI is InChI=1S/C23H29NO5/c1-23(2,3)29-22(26)24-15-14-20(27-16-18-10-6-4-7-11-18)21(25)28-17-19-12-8-5-9-13-19/h4-13,20H,14-17H2,1-3H3,(H,24,26)/t20-/m0/s1. The summed E-state index contributed by atoms with van der Waals surface area (Å²) >= 11 is 0. The molecule has 0 aliphatic heterocycles. The summed E-state index contributed by atoms with van der Waals surface area (Å²) in [6.07, 6.45) is -1.05. The fraction of sp³-hybridized carbons (Fsp3) is 0.391. The Morgan fingerprint density at radius 1 is 0.897 bits per heavy atom. The number of rotatable bonds is 9. The molecule has 0 heterocycles. The van der Waals surface area contributed by atoms with E-state index in [4.69, 9.17) is 14.2 Å². The lowest BCUT2D eigenvalue weighted by atomic mass is 10.2. The fourth-order valence-electron chi connectivity index (χ4n) is 2.48. The van der Waals surface area contributed by atoms with Gasteiger partial charge in [0.25, 0.3) is 0 Å². The van der Waals surface area contributed by atoms with Crippen molar-refractivity contribution in [2.75, 3.05) is 6.54 Å². The number of nitrogens with one attached hydrogen (secondary N) is 1. The first-order valence-electron chi connectivity index (χ1n) is 9.66. The van der Waals surface area contributed by atoms with Gasteiger partial charge in [-0.25, -0.2) is 9.59 Å². The molecule has 0 aromatic heterocycles. The van der Waals surface area contributed by atoms with Gasteiger partial charge in [-0.05, 0) is 31.9 Å². The predicted octanol–water partition coefficient (Wildman–Crippen LogP) is 4.23. The van der Waals surface area contributed by atoms with Crippen LogP contribution in [-0.4, -0.2) is 30.3 Å². The highest BCUT2D eigenvalue weighted by Gasteiger charge is 2.22. The number of hydrogen-bond donors (Lipinski definition) is 1. The minimum Gasteiger partial charge on any atom is -0.459 e. The van der Waals surface area contributed by atoms with Gasteiger partial charge in [-0.1, -0.05) is 60.7 Å². The zero-order valence-electron chi connectivity index (χ0n) is 17.2. The number of carbonyl (C=O) groups excluding carboxylic acids is 2. The lowest BCUT2D eigenvalue weighted by Gasteiger charge is -2.21. The summed E-state index contributed by atoms with van der Waals surface area (Å²) in [6, 6.07) is 19.0. The Morgan fingerprint density at radius 3 is 2.00 bits per heavy atom. The van der Waals surface area contributed by atoms with Gasteiger partial charge in [0.1, 0.15) is 12.2 Å². The van der Waals surface area contributed by atoms with Crippen LogP contribution in [0.15, 0.2) is 60.7 Å². The Bertz CT molecular complexity index is 756. The van der Waals surface area contributed by atoms with Crippen molar-refractivity contribution in [3.8, 4) is 0 Å². The van der Waals surface area contributed by atoms with Gasteiger partial charge in [-0.3, -0.25) is 0 Å². The molecule has 0 aliphatic carbocycles. The van der Waals surface area contributed by atoms with Crippen LogP contribution in [0.25, 0.3) is 0 Å². The molecule has 0 aliphatic rings. The van der Waals surface area contributed by atoms with Crippen molar-refractivity contribution in [1.29, 1.82) is 0 Å². The smallest absolute Gasteiger partial charge is 0.407 e. The molecule has 6 heteroatoms. The van der Waals surface area contributed by atoms with Crippen molar-refractivity contribution in [3.63, 3.8) is 0 Å².